The van der Waals surface area contributed by atoms with Gasteiger partial charge in [-0.3, -0.25) is 14.4 Å². The number of methoxy groups -OCH3 is 2. The first-order chi connectivity index (χ1) is 12.0. The summed E-state index contributed by atoms with van der Waals surface area (Å²) >= 11 is 0. The van der Waals surface area contributed by atoms with Gasteiger partial charge in [0.1, 0.15) is 0 Å². The van der Waals surface area contributed by atoms with Gasteiger partial charge in [0.05, 0.1) is 25.6 Å². The van der Waals surface area contributed by atoms with Crippen molar-refractivity contribution in [1.29, 1.82) is 0 Å². The Kier molecular flexibility index (Phi) is 4.50. The van der Waals surface area contributed by atoms with Crippen molar-refractivity contribution < 1.29 is 23.9 Å². The predicted molar refractivity (Wildman–Crippen MR) is 90.6 cm³/mol. The maximum atomic E-state index is 13.1. The number of hydrogen-bond donors (Lipinski definition) is 0. The lowest BCUT2D eigenvalue weighted by atomic mass is 9.59. The van der Waals surface area contributed by atoms with Gasteiger partial charge in [-0.05, 0) is 18.3 Å². The second-order valence-electron chi connectivity index (χ2n) is 6.77. The van der Waals surface area contributed by atoms with Crippen LogP contribution >= 0.6 is 0 Å². The summed E-state index contributed by atoms with van der Waals surface area (Å²) in [6.45, 7) is 1.72. The first-order valence-electron chi connectivity index (χ1n) is 8.42. The minimum atomic E-state index is -1.23. The van der Waals surface area contributed by atoms with Crippen molar-refractivity contribution in [3.05, 3.63) is 48.0 Å². The highest BCUT2D eigenvalue weighted by atomic mass is 16.5. The van der Waals surface area contributed by atoms with Crippen LogP contribution in [0.5, 0.6) is 0 Å². The van der Waals surface area contributed by atoms with Crippen molar-refractivity contribution in [2.24, 2.45) is 29.1 Å². The van der Waals surface area contributed by atoms with Gasteiger partial charge in [0, 0.05) is 11.5 Å². The zero-order chi connectivity index (χ0) is 18.2. The van der Waals surface area contributed by atoms with E-state index in [0.29, 0.717) is 12.0 Å². The van der Waals surface area contributed by atoms with Gasteiger partial charge in [0.25, 0.3) is 0 Å². The molecule has 3 rings (SSSR count). The molecule has 1 saturated carbocycles. The van der Waals surface area contributed by atoms with Crippen LogP contribution in [0.25, 0.3) is 0 Å². The molecule has 2 aliphatic carbocycles. The highest BCUT2D eigenvalue weighted by Gasteiger charge is 2.67. The van der Waals surface area contributed by atoms with Gasteiger partial charge in [0.2, 0.25) is 0 Å². The summed E-state index contributed by atoms with van der Waals surface area (Å²) in [7, 11) is 2.61. The van der Waals surface area contributed by atoms with Gasteiger partial charge >= 0.3 is 11.9 Å². The lowest BCUT2D eigenvalue weighted by molar-refractivity contribution is -0.171. The summed E-state index contributed by atoms with van der Waals surface area (Å²) in [5, 5.41) is 0. The number of carbonyl (C=O) groups is 3. The Morgan fingerprint density at radius 1 is 1.08 bits per heavy atom. The number of allylic oxidation sites excluding steroid dienone is 2. The molecule has 1 fully saturated rings. The standard InChI is InChI=1S/C20H22O5/c1-12(17(21)13-7-5-4-6-8-13)20(19(23)25-3)15-10-9-14(11-15)16(20)18(22)24-2/h4-10,12,14-16H,11H2,1-3H3/t12-,14-,15+,16+,20+/m0/s1. The highest BCUT2D eigenvalue weighted by molar-refractivity contribution is 6.02. The van der Waals surface area contributed by atoms with Crippen LogP contribution in [-0.4, -0.2) is 31.9 Å². The molecule has 2 bridgehead atoms. The van der Waals surface area contributed by atoms with Crippen LogP contribution in [0.3, 0.4) is 0 Å². The van der Waals surface area contributed by atoms with E-state index in [9.17, 15) is 14.4 Å². The molecule has 5 nitrogen and oxygen atoms in total. The largest absolute Gasteiger partial charge is 0.469 e. The monoisotopic (exact) mass is 342 g/mol. The van der Waals surface area contributed by atoms with Crippen molar-refractivity contribution >= 4 is 17.7 Å². The van der Waals surface area contributed by atoms with Crippen LogP contribution in [0, 0.1) is 29.1 Å². The Balaban J connectivity index is 2.10. The Labute approximate surface area is 147 Å². The molecule has 2 aliphatic rings. The Morgan fingerprint density at radius 2 is 1.76 bits per heavy atom. The molecule has 132 valence electrons. The van der Waals surface area contributed by atoms with Gasteiger partial charge < -0.3 is 9.47 Å². The fraction of sp³-hybridized carbons (Fsp3) is 0.450. The van der Waals surface area contributed by atoms with Gasteiger partial charge in [-0.15, -0.1) is 0 Å². The maximum Gasteiger partial charge on any atom is 0.314 e. The Morgan fingerprint density at radius 3 is 2.36 bits per heavy atom. The minimum absolute atomic E-state index is 0.109. The molecule has 0 heterocycles. The SMILES string of the molecule is COC(=O)[C@H]1[C@H]2C=C[C@H](C2)[C@]1(C(=O)OC)[C@@H](C)C(=O)c1ccccc1. The first kappa shape index (κ1) is 17.4. The molecule has 0 aromatic heterocycles. The van der Waals surface area contributed by atoms with Crippen molar-refractivity contribution in [1.82, 2.24) is 0 Å². The van der Waals surface area contributed by atoms with E-state index in [0.717, 1.165) is 0 Å². The predicted octanol–water partition coefficient (Wildman–Crippen LogP) is 2.66. The van der Waals surface area contributed by atoms with Gasteiger partial charge in [-0.2, -0.15) is 0 Å². The summed E-state index contributed by atoms with van der Waals surface area (Å²) in [5.74, 6) is -2.87. The number of benzene rings is 1. The summed E-state index contributed by atoms with van der Waals surface area (Å²) < 4.78 is 10.1. The molecule has 0 radical (unpaired) electrons. The average molecular weight is 342 g/mol. The second kappa shape index (κ2) is 6.47. The van der Waals surface area contributed by atoms with Crippen LogP contribution in [0.4, 0.5) is 0 Å². The molecule has 1 aromatic rings. The zero-order valence-corrected chi connectivity index (χ0v) is 14.6. The van der Waals surface area contributed by atoms with Crippen LogP contribution in [0.15, 0.2) is 42.5 Å². The molecule has 1 aromatic carbocycles. The lowest BCUT2D eigenvalue weighted by Crippen LogP contribution is -2.53. The number of hydrogen-bond acceptors (Lipinski definition) is 5. The van der Waals surface area contributed by atoms with Gasteiger partial charge in [-0.25, -0.2) is 0 Å². The molecule has 25 heavy (non-hydrogen) atoms. The number of rotatable bonds is 5. The molecule has 5 heteroatoms. The van der Waals surface area contributed by atoms with E-state index >= 15 is 0 Å². The van der Waals surface area contributed by atoms with E-state index in [1.807, 2.05) is 18.2 Å². The smallest absolute Gasteiger partial charge is 0.314 e. The fourth-order valence-electron chi connectivity index (χ4n) is 4.70. The number of carbonyl (C=O) groups excluding carboxylic acids is 3. The topological polar surface area (TPSA) is 69.7 Å². The molecule has 0 spiro atoms. The molecular weight excluding hydrogens is 320 g/mol. The normalized spacial score (nSPS) is 30.8. The van der Waals surface area contributed by atoms with Crippen LogP contribution < -0.4 is 0 Å². The number of Topliss-reactive ketones (excluding diaryl/α,β-unsaturated/α-hetero) is 1. The van der Waals surface area contributed by atoms with Crippen molar-refractivity contribution in [2.45, 2.75) is 13.3 Å². The zero-order valence-electron chi connectivity index (χ0n) is 14.6. The summed E-state index contributed by atoms with van der Waals surface area (Å²) in [4.78, 5) is 38.6. The second-order valence-corrected chi connectivity index (χ2v) is 6.77. The van der Waals surface area contributed by atoms with Crippen molar-refractivity contribution in [2.75, 3.05) is 14.2 Å². The fourth-order valence-corrected chi connectivity index (χ4v) is 4.70. The van der Waals surface area contributed by atoms with Crippen LogP contribution in [-0.2, 0) is 19.1 Å². The molecule has 0 amide bonds. The maximum absolute atomic E-state index is 13.1. The first-order valence-corrected chi connectivity index (χ1v) is 8.42. The van der Waals surface area contributed by atoms with E-state index < -0.39 is 29.2 Å². The number of fused-ring (bicyclic) bond motifs is 2. The summed E-state index contributed by atoms with van der Waals surface area (Å²) in [6, 6.07) is 8.83. The van der Waals surface area contributed by atoms with Crippen LogP contribution in [0.1, 0.15) is 23.7 Å². The van der Waals surface area contributed by atoms with E-state index in [-0.39, 0.29) is 17.6 Å². The van der Waals surface area contributed by atoms with E-state index in [2.05, 4.69) is 0 Å². The van der Waals surface area contributed by atoms with Crippen molar-refractivity contribution in [3.8, 4) is 0 Å². The third-order valence-corrected chi connectivity index (χ3v) is 5.84. The molecule has 0 N–H and O–H groups in total. The third-order valence-electron chi connectivity index (χ3n) is 5.84. The van der Waals surface area contributed by atoms with Gasteiger partial charge in [0.15, 0.2) is 5.78 Å². The van der Waals surface area contributed by atoms with Crippen molar-refractivity contribution in [3.63, 3.8) is 0 Å². The van der Waals surface area contributed by atoms with E-state index in [1.165, 1.54) is 14.2 Å². The quantitative estimate of drug-likeness (QED) is 0.467. The number of ether oxygens (including phenoxy) is 2. The number of ketones is 1. The minimum Gasteiger partial charge on any atom is -0.469 e. The summed E-state index contributed by atoms with van der Waals surface area (Å²) in [5.41, 5.74) is -0.706. The Bertz CT molecular complexity index is 723. The molecule has 0 unspecified atom stereocenters. The Hall–Kier alpha value is -2.43. The third kappa shape index (κ3) is 2.41. The van der Waals surface area contributed by atoms with E-state index in [1.54, 1.807) is 31.2 Å². The molecule has 0 aliphatic heterocycles. The van der Waals surface area contributed by atoms with Gasteiger partial charge in [-0.1, -0.05) is 49.4 Å². The van der Waals surface area contributed by atoms with Crippen LogP contribution in [0.2, 0.25) is 0 Å². The number of esters is 2. The molecule has 0 saturated heterocycles. The van der Waals surface area contributed by atoms with E-state index in [4.69, 9.17) is 9.47 Å². The highest BCUT2D eigenvalue weighted by Crippen LogP contribution is 2.61. The lowest BCUT2D eigenvalue weighted by Gasteiger charge is -2.41. The molecular formula is C20H22O5. The summed E-state index contributed by atoms with van der Waals surface area (Å²) in [6.07, 6.45) is 4.55. The average Bonchev–Trinajstić information content (AvgIpc) is 3.26. The molecule has 5 atom stereocenters.